The number of halogens is 7. The number of benzene rings is 2. The lowest BCUT2D eigenvalue weighted by Crippen LogP contribution is -2.43. The standard InChI is InChI=1S/C21H17BrCl3F3N2O2/c1-3-18(31)30(2)29-20(32)13-6-4-11(8-15(13)22)5-7-14(21(26,27)28)12-9-16(23)19(25)17(24)10-12/h4-10,14H,3H2,1-2H3,(H,29,32). The molecule has 32 heavy (non-hydrogen) atoms. The Labute approximate surface area is 206 Å². The summed E-state index contributed by atoms with van der Waals surface area (Å²) >= 11 is 20.8. The maximum atomic E-state index is 13.7. The van der Waals surface area contributed by atoms with Crippen molar-refractivity contribution in [3.63, 3.8) is 0 Å². The van der Waals surface area contributed by atoms with Gasteiger partial charge in [-0.05, 0) is 51.3 Å². The molecule has 0 aliphatic heterocycles. The molecule has 2 rings (SSSR count). The zero-order valence-corrected chi connectivity index (χ0v) is 20.6. The number of nitrogens with one attached hydrogen (secondary N) is 1. The fourth-order valence-electron chi connectivity index (χ4n) is 2.70. The van der Waals surface area contributed by atoms with E-state index in [0.29, 0.717) is 10.0 Å². The first kappa shape index (κ1) is 26.5. The largest absolute Gasteiger partial charge is 0.399 e. The van der Waals surface area contributed by atoms with Crippen molar-refractivity contribution in [3.05, 3.63) is 72.6 Å². The Morgan fingerprint density at radius 3 is 2.25 bits per heavy atom. The van der Waals surface area contributed by atoms with Crippen molar-refractivity contribution in [2.45, 2.75) is 25.4 Å². The highest BCUT2D eigenvalue weighted by Gasteiger charge is 2.39. The molecule has 2 aromatic carbocycles. The maximum absolute atomic E-state index is 13.7. The van der Waals surface area contributed by atoms with Crippen LogP contribution in [0.4, 0.5) is 13.2 Å². The van der Waals surface area contributed by atoms with Crippen LogP contribution in [0.25, 0.3) is 6.08 Å². The van der Waals surface area contributed by atoms with Crippen LogP contribution in [-0.4, -0.2) is 30.0 Å². The number of carbonyl (C=O) groups excluding carboxylic acids is 2. The van der Waals surface area contributed by atoms with Gasteiger partial charge in [-0.2, -0.15) is 13.2 Å². The normalized spacial score (nSPS) is 12.7. The van der Waals surface area contributed by atoms with E-state index >= 15 is 0 Å². The van der Waals surface area contributed by atoms with Gasteiger partial charge in [-0.25, -0.2) is 0 Å². The van der Waals surface area contributed by atoms with Gasteiger partial charge in [0, 0.05) is 17.9 Å². The van der Waals surface area contributed by atoms with E-state index in [9.17, 15) is 22.8 Å². The first-order chi connectivity index (χ1) is 14.8. The Morgan fingerprint density at radius 2 is 1.75 bits per heavy atom. The van der Waals surface area contributed by atoms with Crippen LogP contribution in [0.3, 0.4) is 0 Å². The summed E-state index contributed by atoms with van der Waals surface area (Å²) in [4.78, 5) is 23.9. The summed E-state index contributed by atoms with van der Waals surface area (Å²) in [5, 5.41) is 0.882. The van der Waals surface area contributed by atoms with E-state index in [4.69, 9.17) is 34.8 Å². The van der Waals surface area contributed by atoms with Crippen molar-refractivity contribution >= 4 is 68.6 Å². The Balaban J connectivity index is 2.30. The third-order valence-corrected chi connectivity index (χ3v) is 6.24. The zero-order chi connectivity index (χ0) is 24.2. The number of alkyl halides is 3. The highest BCUT2D eigenvalue weighted by molar-refractivity contribution is 9.10. The van der Waals surface area contributed by atoms with E-state index in [2.05, 4.69) is 21.4 Å². The monoisotopic (exact) mass is 570 g/mol. The molecule has 1 N–H and O–H groups in total. The van der Waals surface area contributed by atoms with Crippen LogP contribution in [-0.2, 0) is 4.79 Å². The van der Waals surface area contributed by atoms with Gasteiger partial charge in [0.25, 0.3) is 5.91 Å². The van der Waals surface area contributed by atoms with E-state index in [1.807, 2.05) is 0 Å². The minimum atomic E-state index is -4.61. The number of hydrazine groups is 1. The summed E-state index contributed by atoms with van der Waals surface area (Å²) in [6, 6.07) is 6.64. The van der Waals surface area contributed by atoms with Gasteiger partial charge in [-0.1, -0.05) is 59.9 Å². The van der Waals surface area contributed by atoms with E-state index in [0.717, 1.165) is 23.2 Å². The Morgan fingerprint density at radius 1 is 1.16 bits per heavy atom. The predicted octanol–water partition coefficient (Wildman–Crippen LogP) is 7.28. The van der Waals surface area contributed by atoms with Crippen LogP contribution in [0.5, 0.6) is 0 Å². The summed E-state index contributed by atoms with van der Waals surface area (Å²) in [6.07, 6.45) is -2.16. The number of hydrogen-bond donors (Lipinski definition) is 1. The lowest BCUT2D eigenvalue weighted by Gasteiger charge is -2.19. The number of rotatable bonds is 5. The first-order valence-electron chi connectivity index (χ1n) is 9.11. The first-order valence-corrected chi connectivity index (χ1v) is 11.0. The molecule has 0 fully saturated rings. The molecule has 1 unspecified atom stereocenters. The molecule has 0 saturated carbocycles. The van der Waals surface area contributed by atoms with E-state index in [1.54, 1.807) is 6.92 Å². The number of carbonyl (C=O) groups is 2. The molecular formula is C21H17BrCl3F3N2O2. The summed E-state index contributed by atoms with van der Waals surface area (Å²) in [6.45, 7) is 1.65. The molecule has 0 aliphatic rings. The molecule has 0 radical (unpaired) electrons. The average Bonchev–Trinajstić information content (AvgIpc) is 2.70. The van der Waals surface area contributed by atoms with Gasteiger partial charge in [-0.3, -0.25) is 20.0 Å². The number of nitrogens with zero attached hydrogens (tertiary/aromatic N) is 1. The predicted molar refractivity (Wildman–Crippen MR) is 124 cm³/mol. The van der Waals surface area contributed by atoms with Crippen LogP contribution < -0.4 is 5.43 Å². The third kappa shape index (κ3) is 6.63. The number of amides is 2. The van der Waals surface area contributed by atoms with Gasteiger partial charge in [0.2, 0.25) is 5.91 Å². The fourth-order valence-corrected chi connectivity index (χ4v) is 3.89. The minimum absolute atomic E-state index is 0.0222. The molecule has 172 valence electrons. The van der Waals surface area contributed by atoms with Crippen molar-refractivity contribution in [3.8, 4) is 0 Å². The highest BCUT2D eigenvalue weighted by Crippen LogP contribution is 2.41. The molecule has 2 aromatic rings. The van der Waals surface area contributed by atoms with Gasteiger partial charge >= 0.3 is 6.18 Å². The SMILES string of the molecule is CCC(=O)N(C)NC(=O)c1ccc(C=CC(c2cc(Cl)c(Cl)c(Cl)c2)C(F)(F)F)cc1Br. The van der Waals surface area contributed by atoms with Crippen molar-refractivity contribution in [2.75, 3.05) is 7.05 Å². The second-order valence-electron chi connectivity index (χ2n) is 6.66. The zero-order valence-electron chi connectivity index (χ0n) is 16.7. The fraction of sp³-hybridized carbons (Fsp3) is 0.238. The van der Waals surface area contributed by atoms with E-state index < -0.39 is 18.0 Å². The molecule has 0 aromatic heterocycles. The lowest BCUT2D eigenvalue weighted by molar-refractivity contribution is -0.139. The molecule has 0 aliphatic carbocycles. The second-order valence-corrected chi connectivity index (χ2v) is 8.71. The van der Waals surface area contributed by atoms with Crippen molar-refractivity contribution < 1.29 is 22.8 Å². The quantitative estimate of drug-likeness (QED) is 0.302. The average molecular weight is 573 g/mol. The van der Waals surface area contributed by atoms with Gasteiger partial charge in [0.1, 0.15) is 0 Å². The topological polar surface area (TPSA) is 49.4 Å². The van der Waals surface area contributed by atoms with Crippen LogP contribution in [0, 0.1) is 0 Å². The van der Waals surface area contributed by atoms with Crippen molar-refractivity contribution in [1.82, 2.24) is 10.4 Å². The second kappa shape index (κ2) is 10.9. The molecule has 0 bridgehead atoms. The molecular weight excluding hydrogens is 556 g/mol. The molecule has 4 nitrogen and oxygen atoms in total. The Hall–Kier alpha value is -1.74. The Bertz CT molecular complexity index is 1040. The van der Waals surface area contributed by atoms with E-state index in [1.165, 1.54) is 31.3 Å². The van der Waals surface area contributed by atoms with Crippen LogP contribution in [0.15, 0.2) is 40.9 Å². The molecule has 1 atom stereocenters. The van der Waals surface area contributed by atoms with Crippen LogP contribution in [0.2, 0.25) is 15.1 Å². The van der Waals surface area contributed by atoms with Crippen LogP contribution >= 0.6 is 50.7 Å². The number of hydrogen-bond acceptors (Lipinski definition) is 2. The smallest absolute Gasteiger partial charge is 0.273 e. The summed E-state index contributed by atoms with van der Waals surface area (Å²) < 4.78 is 41.4. The van der Waals surface area contributed by atoms with Crippen molar-refractivity contribution in [1.29, 1.82) is 0 Å². The summed E-state index contributed by atoms with van der Waals surface area (Å²) in [7, 11) is 1.42. The van der Waals surface area contributed by atoms with Gasteiger partial charge in [-0.15, -0.1) is 0 Å². The third-order valence-electron chi connectivity index (χ3n) is 4.38. The molecule has 11 heteroatoms. The number of allylic oxidation sites excluding steroid dienone is 1. The Kier molecular flexibility index (Phi) is 9.05. The molecule has 0 saturated heterocycles. The summed E-state index contributed by atoms with van der Waals surface area (Å²) in [5.74, 6) is -2.81. The molecule has 0 heterocycles. The minimum Gasteiger partial charge on any atom is -0.273 e. The van der Waals surface area contributed by atoms with Crippen LogP contribution in [0.1, 0.15) is 40.7 Å². The maximum Gasteiger partial charge on any atom is 0.399 e. The van der Waals surface area contributed by atoms with Crippen molar-refractivity contribution in [2.24, 2.45) is 0 Å². The lowest BCUT2D eigenvalue weighted by atomic mass is 9.97. The van der Waals surface area contributed by atoms with Gasteiger partial charge in [0.05, 0.1) is 26.5 Å². The molecule has 0 spiro atoms. The van der Waals surface area contributed by atoms with Gasteiger partial charge < -0.3 is 0 Å². The molecule has 2 amide bonds. The summed E-state index contributed by atoms with van der Waals surface area (Å²) in [5.41, 5.74) is 2.88. The van der Waals surface area contributed by atoms with Gasteiger partial charge in [0.15, 0.2) is 0 Å². The van der Waals surface area contributed by atoms with E-state index in [-0.39, 0.29) is 38.5 Å². The highest BCUT2D eigenvalue weighted by atomic mass is 79.9.